The summed E-state index contributed by atoms with van der Waals surface area (Å²) < 4.78 is 2.08. The SMILES string of the molecule is O/N=C1\CCc2cc(Nc3c(C4CCNCC4)nc4cnccn34)ccc21. The third-order valence-corrected chi connectivity index (χ3v) is 5.61. The molecule has 1 aliphatic heterocycles. The zero-order valence-corrected chi connectivity index (χ0v) is 15.0. The van der Waals surface area contributed by atoms with Crippen LogP contribution in [0, 0.1) is 0 Å². The zero-order chi connectivity index (χ0) is 18.2. The predicted octanol–water partition coefficient (Wildman–Crippen LogP) is 3.06. The maximum Gasteiger partial charge on any atom is 0.157 e. The molecule has 5 rings (SSSR count). The van der Waals surface area contributed by atoms with Crippen LogP contribution in [-0.2, 0) is 6.42 Å². The van der Waals surface area contributed by atoms with E-state index >= 15 is 0 Å². The Morgan fingerprint density at radius 1 is 1.22 bits per heavy atom. The van der Waals surface area contributed by atoms with E-state index < -0.39 is 0 Å². The second-order valence-corrected chi connectivity index (χ2v) is 7.22. The minimum Gasteiger partial charge on any atom is -0.411 e. The van der Waals surface area contributed by atoms with E-state index in [0.717, 1.165) is 72.9 Å². The highest BCUT2D eigenvalue weighted by molar-refractivity contribution is 6.04. The maximum absolute atomic E-state index is 9.14. The molecule has 27 heavy (non-hydrogen) atoms. The lowest BCUT2D eigenvalue weighted by Gasteiger charge is -2.22. The molecule has 1 fully saturated rings. The van der Waals surface area contributed by atoms with Crippen molar-refractivity contribution in [3.63, 3.8) is 0 Å². The van der Waals surface area contributed by atoms with Crippen molar-refractivity contribution >= 4 is 22.9 Å². The molecule has 3 heterocycles. The van der Waals surface area contributed by atoms with Crippen LogP contribution in [0.4, 0.5) is 11.5 Å². The lowest BCUT2D eigenvalue weighted by atomic mass is 9.94. The fourth-order valence-corrected chi connectivity index (χ4v) is 4.22. The average molecular weight is 362 g/mol. The van der Waals surface area contributed by atoms with Crippen molar-refractivity contribution in [3.05, 3.63) is 53.6 Å². The Morgan fingerprint density at radius 3 is 2.96 bits per heavy atom. The number of anilines is 2. The van der Waals surface area contributed by atoms with E-state index in [1.54, 1.807) is 6.20 Å². The van der Waals surface area contributed by atoms with Crippen molar-refractivity contribution in [2.24, 2.45) is 5.16 Å². The summed E-state index contributed by atoms with van der Waals surface area (Å²) in [5, 5.41) is 19.6. The molecular formula is C20H22N6O. The number of hydrogen-bond acceptors (Lipinski definition) is 6. The first kappa shape index (κ1) is 16.3. The molecule has 138 valence electrons. The van der Waals surface area contributed by atoms with Gasteiger partial charge in [0.15, 0.2) is 5.65 Å². The summed E-state index contributed by atoms with van der Waals surface area (Å²) in [6.07, 6.45) is 9.43. The van der Waals surface area contributed by atoms with Gasteiger partial charge in [-0.3, -0.25) is 9.38 Å². The monoisotopic (exact) mass is 362 g/mol. The minimum absolute atomic E-state index is 0.441. The number of aromatic nitrogens is 3. The first-order valence-electron chi connectivity index (χ1n) is 9.47. The average Bonchev–Trinajstić information content (AvgIpc) is 3.30. The molecule has 0 radical (unpaired) electrons. The number of imidazole rings is 1. The van der Waals surface area contributed by atoms with Crippen molar-refractivity contribution < 1.29 is 5.21 Å². The Morgan fingerprint density at radius 2 is 2.11 bits per heavy atom. The highest BCUT2D eigenvalue weighted by Gasteiger charge is 2.24. The Bertz CT molecular complexity index is 1020. The van der Waals surface area contributed by atoms with Gasteiger partial charge in [0, 0.05) is 29.6 Å². The fourth-order valence-electron chi connectivity index (χ4n) is 4.22. The predicted molar refractivity (Wildman–Crippen MR) is 104 cm³/mol. The summed E-state index contributed by atoms with van der Waals surface area (Å²) in [4.78, 5) is 9.11. The quantitative estimate of drug-likeness (QED) is 0.492. The molecule has 1 aliphatic carbocycles. The van der Waals surface area contributed by atoms with Gasteiger partial charge in [-0.1, -0.05) is 11.2 Å². The number of nitrogens with zero attached hydrogens (tertiary/aromatic N) is 4. The third kappa shape index (κ3) is 2.84. The fraction of sp³-hybridized carbons (Fsp3) is 0.350. The molecular weight excluding hydrogens is 340 g/mol. The number of fused-ring (bicyclic) bond motifs is 2. The van der Waals surface area contributed by atoms with Gasteiger partial charge in [-0.15, -0.1) is 0 Å². The van der Waals surface area contributed by atoms with Gasteiger partial charge in [-0.25, -0.2) is 4.98 Å². The van der Waals surface area contributed by atoms with Crippen LogP contribution in [0.2, 0.25) is 0 Å². The van der Waals surface area contributed by atoms with Crippen molar-refractivity contribution in [3.8, 4) is 0 Å². The van der Waals surface area contributed by atoms with E-state index in [0.29, 0.717) is 5.92 Å². The number of rotatable bonds is 3. The molecule has 2 aliphatic rings. The van der Waals surface area contributed by atoms with Crippen molar-refractivity contribution in [2.45, 2.75) is 31.6 Å². The van der Waals surface area contributed by atoms with E-state index in [2.05, 4.69) is 31.2 Å². The van der Waals surface area contributed by atoms with E-state index in [-0.39, 0.29) is 0 Å². The second-order valence-electron chi connectivity index (χ2n) is 7.22. The Kier molecular flexibility index (Phi) is 4.01. The van der Waals surface area contributed by atoms with E-state index in [9.17, 15) is 0 Å². The molecule has 2 aromatic heterocycles. The standard InChI is InChI=1S/C20H22N6O/c27-25-17-4-1-14-11-15(2-3-16(14)17)23-20-19(13-5-7-21-8-6-13)24-18-12-22-9-10-26(18)20/h2-3,9-13,21,23,27H,1,4-8H2/b25-17+. The van der Waals surface area contributed by atoms with Crippen LogP contribution < -0.4 is 10.6 Å². The summed E-state index contributed by atoms with van der Waals surface area (Å²) in [5.74, 6) is 1.46. The number of oxime groups is 1. The van der Waals surface area contributed by atoms with E-state index in [1.807, 2.05) is 24.5 Å². The Labute approximate surface area is 157 Å². The van der Waals surface area contributed by atoms with Crippen molar-refractivity contribution in [1.29, 1.82) is 0 Å². The van der Waals surface area contributed by atoms with Crippen LogP contribution in [-0.4, -0.2) is 38.4 Å². The summed E-state index contributed by atoms with van der Waals surface area (Å²) in [6.45, 7) is 2.05. The van der Waals surface area contributed by atoms with Gasteiger partial charge in [0.05, 0.1) is 17.6 Å². The minimum atomic E-state index is 0.441. The molecule has 0 amide bonds. The van der Waals surface area contributed by atoms with Gasteiger partial charge in [-0.2, -0.15) is 0 Å². The normalized spacial score (nSPS) is 18.9. The number of aryl methyl sites for hydroxylation is 1. The molecule has 3 N–H and O–H groups in total. The number of hydrogen-bond donors (Lipinski definition) is 3. The second kappa shape index (κ2) is 6.66. The van der Waals surface area contributed by atoms with Crippen LogP contribution in [0.3, 0.4) is 0 Å². The topological polar surface area (TPSA) is 86.8 Å². The molecule has 0 atom stereocenters. The van der Waals surface area contributed by atoms with E-state index in [1.165, 1.54) is 5.56 Å². The zero-order valence-electron chi connectivity index (χ0n) is 15.0. The molecule has 0 saturated carbocycles. The van der Waals surface area contributed by atoms with Gasteiger partial charge in [-0.05, 0) is 56.5 Å². The van der Waals surface area contributed by atoms with Crippen LogP contribution >= 0.6 is 0 Å². The van der Waals surface area contributed by atoms with Gasteiger partial charge in [0.1, 0.15) is 5.82 Å². The summed E-state index contributed by atoms with van der Waals surface area (Å²) in [5.41, 5.74) is 6.04. The molecule has 0 spiro atoms. The first-order chi connectivity index (χ1) is 13.3. The number of piperidine rings is 1. The first-order valence-corrected chi connectivity index (χ1v) is 9.47. The van der Waals surface area contributed by atoms with Gasteiger partial charge in [0.2, 0.25) is 0 Å². The van der Waals surface area contributed by atoms with Gasteiger partial charge < -0.3 is 15.8 Å². The maximum atomic E-state index is 9.14. The largest absolute Gasteiger partial charge is 0.411 e. The third-order valence-electron chi connectivity index (χ3n) is 5.61. The van der Waals surface area contributed by atoms with Crippen molar-refractivity contribution in [2.75, 3.05) is 18.4 Å². The Balaban J connectivity index is 1.54. The lowest BCUT2D eigenvalue weighted by Crippen LogP contribution is -2.27. The molecule has 3 aromatic rings. The summed E-state index contributed by atoms with van der Waals surface area (Å²) in [7, 11) is 0. The van der Waals surface area contributed by atoms with Crippen LogP contribution in [0.25, 0.3) is 5.65 Å². The lowest BCUT2D eigenvalue weighted by molar-refractivity contribution is 0.318. The summed E-state index contributed by atoms with van der Waals surface area (Å²) >= 11 is 0. The van der Waals surface area contributed by atoms with E-state index in [4.69, 9.17) is 10.2 Å². The molecule has 7 heteroatoms. The molecule has 0 bridgehead atoms. The molecule has 1 aromatic carbocycles. The highest BCUT2D eigenvalue weighted by Crippen LogP contribution is 2.34. The highest BCUT2D eigenvalue weighted by atomic mass is 16.4. The smallest absolute Gasteiger partial charge is 0.157 e. The van der Waals surface area contributed by atoms with Gasteiger partial charge in [0.25, 0.3) is 0 Å². The van der Waals surface area contributed by atoms with Gasteiger partial charge >= 0.3 is 0 Å². The molecule has 0 unspecified atom stereocenters. The van der Waals surface area contributed by atoms with Crippen LogP contribution in [0.5, 0.6) is 0 Å². The van der Waals surface area contributed by atoms with Crippen LogP contribution in [0.15, 0.2) is 41.9 Å². The molecule has 7 nitrogen and oxygen atoms in total. The Hall–Kier alpha value is -2.93. The summed E-state index contributed by atoms with van der Waals surface area (Å²) in [6, 6.07) is 6.23. The number of benzene rings is 1. The number of nitrogens with one attached hydrogen (secondary N) is 2. The molecule has 1 saturated heterocycles. The van der Waals surface area contributed by atoms with Crippen LogP contribution in [0.1, 0.15) is 42.0 Å². The van der Waals surface area contributed by atoms with Crippen molar-refractivity contribution in [1.82, 2.24) is 19.7 Å².